The predicted octanol–water partition coefficient (Wildman–Crippen LogP) is 4.91. The Bertz CT molecular complexity index is 1110. The molecule has 0 radical (unpaired) electrons. The molecule has 1 atom stereocenters. The number of aromatic nitrogens is 2. The number of nitrogens with zero attached hydrogens (tertiary/aromatic N) is 2. The topological polar surface area (TPSA) is 87.7 Å². The van der Waals surface area contributed by atoms with E-state index < -0.39 is 5.92 Å². The molecule has 7 heteroatoms. The fourth-order valence-corrected chi connectivity index (χ4v) is 3.66. The van der Waals surface area contributed by atoms with Crippen LogP contribution in [0, 0.1) is 18.3 Å². The third kappa shape index (κ3) is 2.84. The molecule has 3 aromatic rings. The molecule has 1 aliphatic heterocycles. The molecule has 1 unspecified atom stereocenters. The van der Waals surface area contributed by atoms with Crippen LogP contribution < -0.4 is 10.5 Å². The van der Waals surface area contributed by atoms with E-state index in [0.29, 0.717) is 27.1 Å². The van der Waals surface area contributed by atoms with Crippen molar-refractivity contribution in [1.82, 2.24) is 10.2 Å². The van der Waals surface area contributed by atoms with Gasteiger partial charge in [-0.15, -0.1) is 5.10 Å². The van der Waals surface area contributed by atoms with E-state index >= 15 is 0 Å². The summed E-state index contributed by atoms with van der Waals surface area (Å²) in [5, 5.41) is 17.8. The number of nitriles is 1. The first-order valence-electron chi connectivity index (χ1n) is 8.18. The number of nitrogens with one attached hydrogen (secondary N) is 1. The molecule has 0 bridgehead atoms. The Morgan fingerprint density at radius 3 is 2.63 bits per heavy atom. The van der Waals surface area contributed by atoms with E-state index in [4.69, 9.17) is 33.7 Å². The number of allylic oxidation sites excluding steroid dienone is 1. The third-order valence-corrected chi connectivity index (χ3v) is 5.41. The van der Waals surface area contributed by atoms with Gasteiger partial charge in [-0.25, -0.2) is 0 Å². The van der Waals surface area contributed by atoms with Crippen molar-refractivity contribution < 1.29 is 4.74 Å². The van der Waals surface area contributed by atoms with Crippen molar-refractivity contribution in [3.63, 3.8) is 0 Å². The zero-order chi connectivity index (χ0) is 19.1. The summed E-state index contributed by atoms with van der Waals surface area (Å²) in [6.45, 7) is 2.01. The maximum Gasteiger partial charge on any atom is 0.244 e. The van der Waals surface area contributed by atoms with Gasteiger partial charge in [0.15, 0.2) is 0 Å². The molecular formula is C20H14Cl2N4O. The minimum absolute atomic E-state index is 0.00741. The van der Waals surface area contributed by atoms with Gasteiger partial charge in [0, 0.05) is 5.56 Å². The van der Waals surface area contributed by atoms with E-state index in [2.05, 4.69) is 16.3 Å². The van der Waals surface area contributed by atoms with Crippen LogP contribution in [0.2, 0.25) is 10.0 Å². The number of hydrogen-bond donors (Lipinski definition) is 2. The second-order valence-corrected chi connectivity index (χ2v) is 7.04. The fourth-order valence-electron chi connectivity index (χ4n) is 3.24. The second kappa shape index (κ2) is 6.66. The molecule has 0 saturated carbocycles. The number of hydrogen-bond acceptors (Lipinski definition) is 4. The van der Waals surface area contributed by atoms with E-state index in [9.17, 15) is 5.26 Å². The quantitative estimate of drug-likeness (QED) is 0.643. The molecule has 2 heterocycles. The molecular weight excluding hydrogens is 383 g/mol. The summed E-state index contributed by atoms with van der Waals surface area (Å²) >= 11 is 12.7. The van der Waals surface area contributed by atoms with E-state index in [-0.39, 0.29) is 11.5 Å². The first kappa shape index (κ1) is 17.5. The number of rotatable bonds is 2. The number of halogens is 2. The standard InChI is InChI=1S/C20H14Cl2N4O/c1-10-5-7-11(8-6-10)18-16-15(12-3-2-4-14(21)17(12)22)13(9-23)19(24)27-20(16)26-25-18/h2-8,15H,24H2,1H3,(H,25,26). The van der Waals surface area contributed by atoms with E-state index in [1.165, 1.54) is 0 Å². The van der Waals surface area contributed by atoms with Crippen molar-refractivity contribution in [2.24, 2.45) is 5.73 Å². The predicted molar refractivity (Wildman–Crippen MR) is 105 cm³/mol. The number of aromatic amines is 1. The molecule has 1 aromatic heterocycles. The van der Waals surface area contributed by atoms with Crippen LogP contribution in [-0.4, -0.2) is 10.2 Å². The lowest BCUT2D eigenvalue weighted by Gasteiger charge is -2.25. The van der Waals surface area contributed by atoms with Gasteiger partial charge in [-0.05, 0) is 18.6 Å². The van der Waals surface area contributed by atoms with Crippen LogP contribution >= 0.6 is 23.2 Å². The van der Waals surface area contributed by atoms with Crippen LogP contribution in [0.3, 0.4) is 0 Å². The smallest absolute Gasteiger partial charge is 0.244 e. The minimum Gasteiger partial charge on any atom is -0.420 e. The van der Waals surface area contributed by atoms with Crippen molar-refractivity contribution in [3.05, 3.63) is 80.7 Å². The number of benzene rings is 2. The molecule has 2 aromatic carbocycles. The highest BCUT2D eigenvalue weighted by Gasteiger charge is 2.36. The normalized spacial score (nSPS) is 15.9. The number of nitrogens with two attached hydrogens (primary N) is 1. The summed E-state index contributed by atoms with van der Waals surface area (Å²) < 4.78 is 5.60. The molecule has 0 fully saturated rings. The van der Waals surface area contributed by atoms with Crippen LogP contribution in [0.1, 0.15) is 22.6 Å². The SMILES string of the molecule is Cc1ccc(-c2[nH]nc3c2C(c2cccc(Cl)c2Cl)C(C#N)=C(N)O3)cc1. The Labute approximate surface area is 166 Å². The lowest BCUT2D eigenvalue weighted by Crippen LogP contribution is -2.21. The molecule has 134 valence electrons. The Morgan fingerprint density at radius 1 is 1.19 bits per heavy atom. The maximum atomic E-state index is 9.74. The van der Waals surface area contributed by atoms with E-state index in [1.807, 2.05) is 37.3 Å². The monoisotopic (exact) mass is 396 g/mol. The van der Waals surface area contributed by atoms with Crippen molar-refractivity contribution in [3.8, 4) is 23.2 Å². The Kier molecular flexibility index (Phi) is 4.31. The molecule has 0 amide bonds. The molecule has 5 nitrogen and oxygen atoms in total. The maximum absolute atomic E-state index is 9.74. The summed E-state index contributed by atoms with van der Waals surface area (Å²) in [4.78, 5) is 0. The van der Waals surface area contributed by atoms with Crippen LogP contribution in [-0.2, 0) is 0 Å². The van der Waals surface area contributed by atoms with Gasteiger partial charge < -0.3 is 10.5 Å². The first-order chi connectivity index (χ1) is 13.0. The van der Waals surface area contributed by atoms with Crippen LogP contribution in [0.25, 0.3) is 11.3 Å². The highest BCUT2D eigenvalue weighted by Crippen LogP contribution is 2.48. The zero-order valence-corrected chi connectivity index (χ0v) is 15.8. The largest absolute Gasteiger partial charge is 0.420 e. The van der Waals surface area contributed by atoms with Gasteiger partial charge in [-0.3, -0.25) is 5.10 Å². The molecule has 1 aliphatic rings. The molecule has 0 spiro atoms. The Hall–Kier alpha value is -2.94. The number of aryl methyl sites for hydroxylation is 1. The molecule has 3 N–H and O–H groups in total. The highest BCUT2D eigenvalue weighted by molar-refractivity contribution is 6.42. The van der Waals surface area contributed by atoms with Gasteiger partial charge in [0.1, 0.15) is 11.6 Å². The van der Waals surface area contributed by atoms with Gasteiger partial charge in [0.2, 0.25) is 11.8 Å². The lowest BCUT2D eigenvalue weighted by atomic mass is 9.83. The first-order valence-corrected chi connectivity index (χ1v) is 8.93. The highest BCUT2D eigenvalue weighted by atomic mass is 35.5. The van der Waals surface area contributed by atoms with Crippen molar-refractivity contribution in [2.45, 2.75) is 12.8 Å². The summed E-state index contributed by atoms with van der Waals surface area (Å²) in [6, 6.07) is 15.4. The van der Waals surface area contributed by atoms with E-state index in [0.717, 1.165) is 16.8 Å². The average molecular weight is 397 g/mol. The summed E-state index contributed by atoms with van der Waals surface area (Å²) in [5.41, 5.74) is 10.4. The van der Waals surface area contributed by atoms with Crippen molar-refractivity contribution in [1.29, 1.82) is 5.26 Å². The lowest BCUT2D eigenvalue weighted by molar-refractivity contribution is 0.379. The second-order valence-electron chi connectivity index (χ2n) is 6.25. The van der Waals surface area contributed by atoms with Gasteiger partial charge >= 0.3 is 0 Å². The van der Waals surface area contributed by atoms with Crippen molar-refractivity contribution in [2.75, 3.05) is 0 Å². The summed E-state index contributed by atoms with van der Waals surface area (Å²) in [7, 11) is 0. The zero-order valence-electron chi connectivity index (χ0n) is 14.3. The fraction of sp³-hybridized carbons (Fsp3) is 0.100. The van der Waals surface area contributed by atoms with Crippen molar-refractivity contribution >= 4 is 23.2 Å². The van der Waals surface area contributed by atoms with Crippen LogP contribution in [0.5, 0.6) is 5.88 Å². The van der Waals surface area contributed by atoms with Gasteiger partial charge in [-0.1, -0.05) is 65.2 Å². The minimum atomic E-state index is -0.542. The van der Waals surface area contributed by atoms with Crippen LogP contribution in [0.15, 0.2) is 53.9 Å². The number of ether oxygens (including phenoxy) is 1. The van der Waals surface area contributed by atoms with E-state index in [1.54, 1.807) is 12.1 Å². The molecule has 0 aliphatic carbocycles. The molecule has 27 heavy (non-hydrogen) atoms. The molecule has 0 saturated heterocycles. The van der Waals surface area contributed by atoms with Gasteiger partial charge in [0.05, 0.1) is 27.2 Å². The van der Waals surface area contributed by atoms with Crippen LogP contribution in [0.4, 0.5) is 0 Å². The number of fused-ring (bicyclic) bond motifs is 1. The Balaban J connectivity index is 1.99. The summed E-state index contributed by atoms with van der Waals surface area (Å²) in [5.74, 6) is -0.212. The van der Waals surface area contributed by atoms with Gasteiger partial charge in [-0.2, -0.15) is 5.26 Å². The third-order valence-electron chi connectivity index (χ3n) is 4.57. The average Bonchev–Trinajstić information content (AvgIpc) is 3.07. The molecule has 4 rings (SSSR count). The Morgan fingerprint density at radius 2 is 1.93 bits per heavy atom. The summed E-state index contributed by atoms with van der Waals surface area (Å²) in [6.07, 6.45) is 0. The van der Waals surface area contributed by atoms with Gasteiger partial charge in [0.25, 0.3) is 0 Å². The number of H-pyrrole nitrogens is 1.